The quantitative estimate of drug-likeness (QED) is 0.426. The summed E-state index contributed by atoms with van der Waals surface area (Å²) in [6.07, 6.45) is 1.73. The van der Waals surface area contributed by atoms with Gasteiger partial charge in [0.25, 0.3) is 5.89 Å². The maximum Gasteiger partial charge on any atom is 0.250 e. The van der Waals surface area contributed by atoms with Gasteiger partial charge in [0.15, 0.2) is 11.0 Å². The molecule has 0 saturated heterocycles. The van der Waals surface area contributed by atoms with Crippen LogP contribution in [0.5, 0.6) is 0 Å². The van der Waals surface area contributed by atoms with Crippen LogP contribution in [0, 0.1) is 12.7 Å². The highest BCUT2D eigenvalue weighted by atomic mass is 32.2. The van der Waals surface area contributed by atoms with Crippen molar-refractivity contribution in [3.05, 3.63) is 59.9 Å². The maximum absolute atomic E-state index is 14.1. The van der Waals surface area contributed by atoms with E-state index in [1.807, 2.05) is 43.5 Å². The van der Waals surface area contributed by atoms with E-state index in [1.165, 1.54) is 17.8 Å². The van der Waals surface area contributed by atoms with Crippen molar-refractivity contribution in [3.63, 3.8) is 0 Å². The molecule has 4 rings (SSSR count). The van der Waals surface area contributed by atoms with Crippen molar-refractivity contribution < 1.29 is 8.81 Å². The number of hydrogen-bond acceptors (Lipinski definition) is 7. The van der Waals surface area contributed by atoms with Gasteiger partial charge < -0.3 is 8.98 Å². The van der Waals surface area contributed by atoms with Crippen molar-refractivity contribution in [2.45, 2.75) is 37.7 Å². The highest BCUT2D eigenvalue weighted by Gasteiger charge is 2.22. The first kappa shape index (κ1) is 19.3. The van der Waals surface area contributed by atoms with E-state index >= 15 is 0 Å². The van der Waals surface area contributed by atoms with Gasteiger partial charge in [-0.25, -0.2) is 4.39 Å². The molecule has 0 fully saturated rings. The van der Waals surface area contributed by atoms with Crippen LogP contribution in [0.25, 0.3) is 23.0 Å². The molecule has 1 aromatic carbocycles. The fraction of sp³-hybridized carbons (Fsp3) is 0.250. The van der Waals surface area contributed by atoms with Crippen LogP contribution in [0.15, 0.2) is 52.2 Å². The molecule has 4 aromatic rings. The second-order valence-corrected chi connectivity index (χ2v) is 7.76. The first-order valence-corrected chi connectivity index (χ1v) is 10.1. The lowest BCUT2D eigenvalue weighted by atomic mass is 10.1. The molecule has 3 heterocycles. The molecular weight excluding hydrogens is 391 g/mol. The largest absolute Gasteiger partial charge is 0.419 e. The summed E-state index contributed by atoms with van der Waals surface area (Å²) < 4.78 is 21.9. The summed E-state index contributed by atoms with van der Waals surface area (Å²) in [5.74, 6) is 0.878. The lowest BCUT2D eigenvalue weighted by Crippen LogP contribution is -2.01. The van der Waals surface area contributed by atoms with Crippen LogP contribution in [-0.4, -0.2) is 29.9 Å². The van der Waals surface area contributed by atoms with Crippen molar-refractivity contribution in [2.24, 2.45) is 0 Å². The third-order valence-electron chi connectivity index (χ3n) is 4.35. The number of pyridine rings is 1. The summed E-state index contributed by atoms with van der Waals surface area (Å²) in [5, 5.41) is 17.3. The number of aryl methyl sites for hydroxylation is 1. The normalized spacial score (nSPS) is 12.3. The summed E-state index contributed by atoms with van der Waals surface area (Å²) in [5.41, 5.74) is 1.98. The van der Waals surface area contributed by atoms with Crippen molar-refractivity contribution in [3.8, 4) is 23.0 Å². The molecule has 0 amide bonds. The van der Waals surface area contributed by atoms with E-state index in [-0.39, 0.29) is 11.1 Å². The lowest BCUT2D eigenvalue weighted by Gasteiger charge is -2.09. The van der Waals surface area contributed by atoms with Gasteiger partial charge in [0.2, 0.25) is 5.89 Å². The Labute approximate surface area is 171 Å². The van der Waals surface area contributed by atoms with Crippen LogP contribution >= 0.6 is 11.8 Å². The monoisotopic (exact) mass is 410 g/mol. The van der Waals surface area contributed by atoms with Crippen LogP contribution < -0.4 is 0 Å². The van der Waals surface area contributed by atoms with Crippen molar-refractivity contribution in [2.75, 3.05) is 0 Å². The Morgan fingerprint density at radius 2 is 2.00 bits per heavy atom. The van der Waals surface area contributed by atoms with Gasteiger partial charge in [-0.2, -0.15) is 0 Å². The predicted molar refractivity (Wildman–Crippen MR) is 108 cm³/mol. The highest BCUT2D eigenvalue weighted by Crippen LogP contribution is 2.35. The SMILES string of the molecule is CCn1c(SC(C)c2nnc(-c3cc(C)ccc3F)o2)nnc1-c1ccccn1. The molecule has 0 spiro atoms. The van der Waals surface area contributed by atoms with Crippen LogP contribution in [0.1, 0.15) is 30.6 Å². The summed E-state index contributed by atoms with van der Waals surface area (Å²) in [4.78, 5) is 4.35. The van der Waals surface area contributed by atoms with E-state index in [0.29, 0.717) is 23.8 Å². The molecule has 0 aliphatic heterocycles. The molecular formula is C20H19FN6OS. The molecule has 1 unspecified atom stereocenters. The van der Waals surface area contributed by atoms with E-state index < -0.39 is 5.82 Å². The molecule has 3 aromatic heterocycles. The zero-order chi connectivity index (χ0) is 20.4. The van der Waals surface area contributed by atoms with Crippen molar-refractivity contribution >= 4 is 11.8 Å². The molecule has 7 nitrogen and oxygen atoms in total. The van der Waals surface area contributed by atoms with E-state index in [2.05, 4.69) is 25.4 Å². The van der Waals surface area contributed by atoms with Crippen LogP contribution in [-0.2, 0) is 6.54 Å². The van der Waals surface area contributed by atoms with E-state index in [9.17, 15) is 4.39 Å². The molecule has 0 radical (unpaired) electrons. The second-order valence-electron chi connectivity index (χ2n) is 6.45. The summed E-state index contributed by atoms with van der Waals surface area (Å²) in [7, 11) is 0. The maximum atomic E-state index is 14.1. The van der Waals surface area contributed by atoms with E-state index in [1.54, 1.807) is 18.3 Å². The number of rotatable bonds is 6. The zero-order valence-electron chi connectivity index (χ0n) is 16.2. The molecule has 1 atom stereocenters. The number of halogens is 1. The minimum absolute atomic E-state index is 0.166. The molecule has 0 saturated carbocycles. The lowest BCUT2D eigenvalue weighted by molar-refractivity contribution is 0.504. The van der Waals surface area contributed by atoms with Gasteiger partial charge >= 0.3 is 0 Å². The third kappa shape index (κ3) is 3.91. The Morgan fingerprint density at radius 3 is 2.76 bits per heavy atom. The fourth-order valence-electron chi connectivity index (χ4n) is 2.86. The van der Waals surface area contributed by atoms with Crippen LogP contribution in [0.4, 0.5) is 4.39 Å². The van der Waals surface area contributed by atoms with Gasteiger partial charge in [-0.1, -0.05) is 29.5 Å². The molecule has 0 aliphatic carbocycles. The van der Waals surface area contributed by atoms with E-state index in [0.717, 1.165) is 16.4 Å². The summed E-state index contributed by atoms with van der Waals surface area (Å²) >= 11 is 1.45. The highest BCUT2D eigenvalue weighted by molar-refractivity contribution is 7.99. The van der Waals surface area contributed by atoms with Crippen LogP contribution in [0.3, 0.4) is 0 Å². The van der Waals surface area contributed by atoms with Gasteiger partial charge in [-0.3, -0.25) is 4.98 Å². The Morgan fingerprint density at radius 1 is 1.14 bits per heavy atom. The fourth-order valence-corrected chi connectivity index (χ4v) is 3.81. The topological polar surface area (TPSA) is 82.5 Å². The smallest absolute Gasteiger partial charge is 0.250 e. The molecule has 0 aliphatic rings. The van der Waals surface area contributed by atoms with E-state index in [4.69, 9.17) is 4.42 Å². The number of hydrogen-bond donors (Lipinski definition) is 0. The second kappa shape index (κ2) is 8.12. The molecule has 0 N–H and O–H groups in total. The number of aromatic nitrogens is 6. The number of nitrogens with zero attached hydrogens (tertiary/aromatic N) is 6. The third-order valence-corrected chi connectivity index (χ3v) is 5.42. The standard InChI is InChI=1S/C20H19FN6OS/c1-4-27-17(16-7-5-6-10-22-16)23-26-20(27)29-13(3)18-24-25-19(28-18)14-11-12(2)8-9-15(14)21/h5-11,13H,4H2,1-3H3. The van der Waals surface area contributed by atoms with Crippen molar-refractivity contribution in [1.82, 2.24) is 29.9 Å². The molecule has 29 heavy (non-hydrogen) atoms. The van der Waals surface area contributed by atoms with Gasteiger partial charge in [0, 0.05) is 12.7 Å². The minimum Gasteiger partial charge on any atom is -0.419 e. The van der Waals surface area contributed by atoms with Gasteiger partial charge in [-0.05, 0) is 45.0 Å². The Kier molecular flexibility index (Phi) is 5.39. The van der Waals surface area contributed by atoms with Gasteiger partial charge in [-0.15, -0.1) is 20.4 Å². The molecule has 148 valence electrons. The first-order chi connectivity index (χ1) is 14.1. The summed E-state index contributed by atoms with van der Waals surface area (Å²) in [6.45, 7) is 6.53. The average Bonchev–Trinajstić information content (AvgIpc) is 3.37. The number of thioether (sulfide) groups is 1. The van der Waals surface area contributed by atoms with Gasteiger partial charge in [0.05, 0.1) is 10.8 Å². The molecule has 9 heteroatoms. The first-order valence-electron chi connectivity index (χ1n) is 9.18. The minimum atomic E-state index is -0.392. The number of benzene rings is 1. The zero-order valence-corrected chi connectivity index (χ0v) is 17.0. The Bertz CT molecular complexity index is 1130. The predicted octanol–water partition coefficient (Wildman–Crippen LogP) is 4.71. The van der Waals surface area contributed by atoms with Gasteiger partial charge in [0.1, 0.15) is 11.5 Å². The average molecular weight is 410 g/mol. The Hall–Kier alpha value is -3.07. The van der Waals surface area contributed by atoms with Crippen LogP contribution in [0.2, 0.25) is 0 Å². The van der Waals surface area contributed by atoms with Crippen molar-refractivity contribution in [1.29, 1.82) is 0 Å². The summed E-state index contributed by atoms with van der Waals surface area (Å²) in [6, 6.07) is 10.5. The Balaban J connectivity index is 1.58. The molecule has 0 bridgehead atoms.